The van der Waals surface area contributed by atoms with Crippen LogP contribution in [-0.4, -0.2) is 62.2 Å². The van der Waals surface area contributed by atoms with Gasteiger partial charge < -0.3 is 0 Å². The van der Waals surface area contributed by atoms with Crippen LogP contribution in [0.4, 0.5) is 4.39 Å². The average molecular weight is 401 g/mol. The molecule has 1 saturated heterocycles. The van der Waals surface area contributed by atoms with E-state index in [0.29, 0.717) is 6.54 Å². The van der Waals surface area contributed by atoms with Gasteiger partial charge in [0.1, 0.15) is 5.82 Å². The Morgan fingerprint density at radius 3 is 2.45 bits per heavy atom. The molecule has 0 N–H and O–H groups in total. The fourth-order valence-electron chi connectivity index (χ4n) is 4.93. The maximum atomic E-state index is 13.2. The van der Waals surface area contributed by atoms with Crippen molar-refractivity contribution in [3.05, 3.63) is 41.5 Å². The highest BCUT2D eigenvalue weighted by Gasteiger charge is 2.31. The average Bonchev–Trinajstić information content (AvgIpc) is 3.22. The Labute approximate surface area is 173 Å². The van der Waals surface area contributed by atoms with Crippen molar-refractivity contribution in [2.75, 3.05) is 26.2 Å². The normalized spacial score (nSPS) is 20.8. The lowest BCUT2D eigenvalue weighted by molar-refractivity contribution is 0.0501. The molecule has 2 fully saturated rings. The first-order valence-electron chi connectivity index (χ1n) is 11.2. The van der Waals surface area contributed by atoms with E-state index < -0.39 is 0 Å². The molecule has 0 amide bonds. The largest absolute Gasteiger partial charge is 0.298 e. The minimum atomic E-state index is -0.217. The smallest absolute Gasteiger partial charge is 0.168 e. The standard InChI is InChI=1S/C22H33FN6/c1-2-6-21(28-15-13-27(14-16-28)20-7-4-3-5-8-20)22-24-25-26-29(22)17-18-9-11-19(23)12-10-18/h9-12,20-21H,2-8,13-17H2,1H3. The first-order valence-corrected chi connectivity index (χ1v) is 11.2. The van der Waals surface area contributed by atoms with Crippen LogP contribution in [0.1, 0.15) is 69.3 Å². The molecule has 1 unspecified atom stereocenters. The summed E-state index contributed by atoms with van der Waals surface area (Å²) in [6, 6.07) is 7.63. The van der Waals surface area contributed by atoms with E-state index in [1.54, 1.807) is 12.1 Å². The van der Waals surface area contributed by atoms with Crippen LogP contribution in [0.2, 0.25) is 0 Å². The number of nitrogens with zero attached hydrogens (tertiary/aromatic N) is 6. The number of benzene rings is 1. The Balaban J connectivity index is 1.43. The van der Waals surface area contributed by atoms with Crippen molar-refractivity contribution >= 4 is 0 Å². The molecule has 29 heavy (non-hydrogen) atoms. The summed E-state index contributed by atoms with van der Waals surface area (Å²) in [6.45, 7) is 7.23. The third kappa shape index (κ3) is 5.01. The summed E-state index contributed by atoms with van der Waals surface area (Å²) in [5.74, 6) is 0.715. The van der Waals surface area contributed by atoms with E-state index >= 15 is 0 Å². The third-order valence-corrected chi connectivity index (χ3v) is 6.55. The van der Waals surface area contributed by atoms with Gasteiger partial charge in [-0.2, -0.15) is 0 Å². The minimum absolute atomic E-state index is 0.217. The van der Waals surface area contributed by atoms with Crippen LogP contribution < -0.4 is 0 Å². The number of halogens is 1. The van der Waals surface area contributed by atoms with Gasteiger partial charge in [-0.1, -0.05) is 44.7 Å². The molecule has 2 aromatic rings. The van der Waals surface area contributed by atoms with Crippen molar-refractivity contribution < 1.29 is 4.39 Å². The zero-order valence-corrected chi connectivity index (χ0v) is 17.5. The van der Waals surface area contributed by atoms with E-state index in [-0.39, 0.29) is 11.9 Å². The summed E-state index contributed by atoms with van der Waals surface area (Å²) in [4.78, 5) is 5.27. The van der Waals surface area contributed by atoms with Gasteiger partial charge >= 0.3 is 0 Å². The summed E-state index contributed by atoms with van der Waals surface area (Å²) in [5.41, 5.74) is 1.01. The number of aromatic nitrogens is 4. The summed E-state index contributed by atoms with van der Waals surface area (Å²) in [7, 11) is 0. The second-order valence-corrected chi connectivity index (χ2v) is 8.49. The predicted octanol–water partition coefficient (Wildman–Crippen LogP) is 3.65. The molecular formula is C22H33FN6. The second kappa shape index (κ2) is 9.76. The van der Waals surface area contributed by atoms with Gasteiger partial charge in [-0.25, -0.2) is 9.07 Å². The fraction of sp³-hybridized carbons (Fsp3) is 0.682. The van der Waals surface area contributed by atoms with Crippen LogP contribution in [0.25, 0.3) is 0 Å². The van der Waals surface area contributed by atoms with Gasteiger partial charge in [0.2, 0.25) is 0 Å². The van der Waals surface area contributed by atoms with Gasteiger partial charge in [-0.15, -0.1) is 5.10 Å². The minimum Gasteiger partial charge on any atom is -0.298 e. The van der Waals surface area contributed by atoms with Gasteiger partial charge in [0, 0.05) is 32.2 Å². The molecule has 0 radical (unpaired) electrons. The van der Waals surface area contributed by atoms with Crippen molar-refractivity contribution in [3.8, 4) is 0 Å². The molecule has 7 heteroatoms. The Morgan fingerprint density at radius 2 is 1.76 bits per heavy atom. The molecule has 6 nitrogen and oxygen atoms in total. The van der Waals surface area contributed by atoms with Crippen LogP contribution in [0.5, 0.6) is 0 Å². The van der Waals surface area contributed by atoms with E-state index in [1.165, 1.54) is 44.2 Å². The fourth-order valence-corrected chi connectivity index (χ4v) is 4.93. The maximum Gasteiger partial charge on any atom is 0.168 e. The van der Waals surface area contributed by atoms with Crippen LogP contribution in [0.3, 0.4) is 0 Å². The lowest BCUT2D eigenvalue weighted by Gasteiger charge is -2.43. The molecule has 1 aliphatic carbocycles. The highest BCUT2D eigenvalue weighted by atomic mass is 19.1. The highest BCUT2D eigenvalue weighted by molar-refractivity contribution is 5.16. The first kappa shape index (κ1) is 20.4. The molecule has 4 rings (SSSR count). The lowest BCUT2D eigenvalue weighted by atomic mass is 9.93. The molecule has 2 heterocycles. The molecule has 1 aromatic carbocycles. The van der Waals surface area contributed by atoms with Crippen LogP contribution >= 0.6 is 0 Å². The van der Waals surface area contributed by atoms with Crippen molar-refractivity contribution in [2.24, 2.45) is 0 Å². The SMILES string of the molecule is CCCC(c1nnnn1Cc1ccc(F)cc1)N1CCN(C2CCCCC2)CC1. The van der Waals surface area contributed by atoms with Crippen LogP contribution in [0.15, 0.2) is 24.3 Å². The molecule has 2 aliphatic rings. The molecule has 1 atom stereocenters. The Bertz CT molecular complexity index is 747. The predicted molar refractivity (Wildman–Crippen MR) is 111 cm³/mol. The van der Waals surface area contributed by atoms with E-state index in [0.717, 1.165) is 56.5 Å². The van der Waals surface area contributed by atoms with Crippen LogP contribution in [0, 0.1) is 5.82 Å². The molecule has 0 bridgehead atoms. The highest BCUT2D eigenvalue weighted by Crippen LogP contribution is 2.28. The van der Waals surface area contributed by atoms with E-state index in [4.69, 9.17) is 0 Å². The number of piperazine rings is 1. The van der Waals surface area contributed by atoms with Crippen molar-refractivity contribution in [1.82, 2.24) is 30.0 Å². The third-order valence-electron chi connectivity index (χ3n) is 6.55. The zero-order valence-electron chi connectivity index (χ0n) is 17.5. The molecule has 0 spiro atoms. The lowest BCUT2D eigenvalue weighted by Crippen LogP contribution is -2.51. The Hall–Kier alpha value is -1.86. The second-order valence-electron chi connectivity index (χ2n) is 8.49. The number of tetrazole rings is 1. The van der Waals surface area contributed by atoms with Crippen molar-refractivity contribution in [1.29, 1.82) is 0 Å². The monoisotopic (exact) mass is 400 g/mol. The summed E-state index contributed by atoms with van der Waals surface area (Å²) < 4.78 is 15.1. The quantitative estimate of drug-likeness (QED) is 0.710. The van der Waals surface area contributed by atoms with E-state index in [9.17, 15) is 4.39 Å². The molecule has 158 valence electrons. The zero-order chi connectivity index (χ0) is 20.1. The maximum absolute atomic E-state index is 13.2. The van der Waals surface area contributed by atoms with Gasteiger partial charge in [0.05, 0.1) is 12.6 Å². The summed E-state index contributed by atoms with van der Waals surface area (Å²) >= 11 is 0. The number of rotatable bonds is 7. The Morgan fingerprint density at radius 1 is 1.03 bits per heavy atom. The number of hydrogen-bond acceptors (Lipinski definition) is 5. The first-order chi connectivity index (χ1) is 14.2. The number of hydrogen-bond donors (Lipinski definition) is 0. The van der Waals surface area contributed by atoms with E-state index in [2.05, 4.69) is 32.2 Å². The van der Waals surface area contributed by atoms with Gasteiger partial charge in [0.25, 0.3) is 0 Å². The van der Waals surface area contributed by atoms with E-state index in [1.807, 2.05) is 4.68 Å². The van der Waals surface area contributed by atoms with Crippen molar-refractivity contribution in [2.45, 2.75) is 70.5 Å². The van der Waals surface area contributed by atoms with Gasteiger partial charge in [-0.05, 0) is 47.4 Å². The Kier molecular flexibility index (Phi) is 6.87. The topological polar surface area (TPSA) is 50.1 Å². The molecule has 1 aliphatic heterocycles. The van der Waals surface area contributed by atoms with Crippen molar-refractivity contribution in [3.63, 3.8) is 0 Å². The summed E-state index contributed by atoms with van der Waals surface area (Å²) in [5, 5.41) is 12.6. The molecular weight excluding hydrogens is 367 g/mol. The van der Waals surface area contributed by atoms with Gasteiger partial charge in [-0.3, -0.25) is 9.80 Å². The molecule has 1 saturated carbocycles. The van der Waals surface area contributed by atoms with Gasteiger partial charge in [0.15, 0.2) is 5.82 Å². The van der Waals surface area contributed by atoms with Crippen LogP contribution in [-0.2, 0) is 6.54 Å². The summed E-state index contributed by atoms with van der Waals surface area (Å²) in [6.07, 6.45) is 9.07. The molecule has 1 aromatic heterocycles.